The predicted molar refractivity (Wildman–Crippen MR) is 74.2 cm³/mol. The van der Waals surface area contributed by atoms with Gasteiger partial charge in [-0.1, -0.05) is 11.6 Å². The molecule has 1 saturated heterocycles. The second kappa shape index (κ2) is 4.85. The maximum Gasteiger partial charge on any atom is 0.150 e. The first-order valence-corrected chi connectivity index (χ1v) is 8.15. The Balaban J connectivity index is 1.98. The molecule has 2 aliphatic rings. The molecule has 4 heteroatoms. The largest absolute Gasteiger partial charge is 0.328 e. The fraction of sp³-hybridized carbons (Fsp3) is 0.769. The Morgan fingerprint density at radius 1 is 1.29 bits per heavy atom. The summed E-state index contributed by atoms with van der Waals surface area (Å²) < 4.78 is 2.45. The smallest absolute Gasteiger partial charge is 0.150 e. The lowest BCUT2D eigenvalue weighted by atomic mass is 9.99. The van der Waals surface area contributed by atoms with Crippen LogP contribution in [0, 0.1) is 0 Å². The molecule has 0 aliphatic carbocycles. The minimum Gasteiger partial charge on any atom is -0.328 e. The van der Waals surface area contributed by atoms with Crippen LogP contribution in [0.5, 0.6) is 0 Å². The molecule has 94 valence electrons. The Bertz CT molecular complexity index is 410. The number of thioether (sulfide) groups is 1. The van der Waals surface area contributed by atoms with Crippen LogP contribution in [0.15, 0.2) is 0 Å². The van der Waals surface area contributed by atoms with Gasteiger partial charge in [0.1, 0.15) is 5.82 Å². The zero-order chi connectivity index (χ0) is 11.8. The third kappa shape index (κ3) is 2.12. The van der Waals surface area contributed by atoms with Crippen LogP contribution in [-0.4, -0.2) is 21.1 Å². The Morgan fingerprint density at radius 2 is 2.06 bits per heavy atom. The lowest BCUT2D eigenvalue weighted by Gasteiger charge is -2.28. The van der Waals surface area contributed by atoms with Crippen LogP contribution in [0.3, 0.4) is 0 Å². The molecule has 1 fully saturated rings. The molecule has 1 unspecified atom stereocenters. The Labute approximate surface area is 112 Å². The molecule has 2 aliphatic heterocycles. The Hall–Kier alpha value is -0.150. The number of imidazole rings is 1. The molecule has 0 N–H and O–H groups in total. The predicted octanol–water partition coefficient (Wildman–Crippen LogP) is 4.04. The van der Waals surface area contributed by atoms with Gasteiger partial charge in [0.15, 0.2) is 5.15 Å². The maximum absolute atomic E-state index is 6.31. The van der Waals surface area contributed by atoms with Gasteiger partial charge in [-0.15, -0.1) is 0 Å². The van der Waals surface area contributed by atoms with Crippen LogP contribution in [0.2, 0.25) is 5.15 Å². The van der Waals surface area contributed by atoms with Crippen LogP contribution < -0.4 is 0 Å². The molecule has 3 heterocycles. The molecule has 0 spiro atoms. The van der Waals surface area contributed by atoms with E-state index in [9.17, 15) is 0 Å². The van der Waals surface area contributed by atoms with Gasteiger partial charge in [-0.3, -0.25) is 0 Å². The van der Waals surface area contributed by atoms with Crippen molar-refractivity contribution in [1.82, 2.24) is 9.55 Å². The minimum atomic E-state index is 0.586. The second-order valence-corrected chi connectivity index (χ2v) is 6.79. The van der Waals surface area contributed by atoms with E-state index in [0.717, 1.165) is 11.6 Å². The van der Waals surface area contributed by atoms with E-state index < -0.39 is 0 Å². The average Bonchev–Trinajstić information content (AvgIpc) is 2.70. The first-order valence-electron chi connectivity index (χ1n) is 6.61. The normalized spacial score (nSPS) is 25.9. The van der Waals surface area contributed by atoms with Crippen LogP contribution >= 0.6 is 23.4 Å². The summed E-state index contributed by atoms with van der Waals surface area (Å²) in [6.45, 7) is 2.31. The van der Waals surface area contributed by atoms with Crippen LogP contribution in [0.1, 0.15) is 56.1 Å². The molecular formula is C13H19ClN2S. The lowest BCUT2D eigenvalue weighted by Crippen LogP contribution is -2.21. The highest BCUT2D eigenvalue weighted by Gasteiger charge is 2.28. The molecule has 1 aromatic rings. The van der Waals surface area contributed by atoms with Gasteiger partial charge in [0.25, 0.3) is 0 Å². The van der Waals surface area contributed by atoms with Gasteiger partial charge < -0.3 is 4.57 Å². The third-order valence-corrected chi connectivity index (χ3v) is 5.40. The highest BCUT2D eigenvalue weighted by atomic mass is 35.5. The van der Waals surface area contributed by atoms with Crippen LogP contribution in [0.25, 0.3) is 0 Å². The van der Waals surface area contributed by atoms with Gasteiger partial charge >= 0.3 is 0 Å². The summed E-state index contributed by atoms with van der Waals surface area (Å²) in [7, 11) is 0. The van der Waals surface area contributed by atoms with Gasteiger partial charge in [-0.25, -0.2) is 4.98 Å². The van der Waals surface area contributed by atoms with Crippen molar-refractivity contribution in [2.45, 2.75) is 51.0 Å². The number of halogens is 1. The van der Waals surface area contributed by atoms with Gasteiger partial charge in [0.05, 0.1) is 5.69 Å². The second-order valence-electron chi connectivity index (χ2n) is 5.21. The molecule has 0 bridgehead atoms. The highest BCUT2D eigenvalue weighted by Crippen LogP contribution is 2.38. The average molecular weight is 271 g/mol. The van der Waals surface area contributed by atoms with Crippen molar-refractivity contribution >= 4 is 23.4 Å². The van der Waals surface area contributed by atoms with Crippen LogP contribution in [-0.2, 0) is 6.42 Å². The van der Waals surface area contributed by atoms with E-state index in [0.29, 0.717) is 12.0 Å². The van der Waals surface area contributed by atoms with E-state index in [4.69, 9.17) is 11.6 Å². The molecule has 0 aromatic carbocycles. The van der Waals surface area contributed by atoms with E-state index in [1.54, 1.807) is 0 Å². The number of aromatic nitrogens is 2. The van der Waals surface area contributed by atoms with Gasteiger partial charge in [0.2, 0.25) is 0 Å². The zero-order valence-corrected chi connectivity index (χ0v) is 11.9. The molecule has 0 radical (unpaired) electrons. The molecule has 2 nitrogen and oxygen atoms in total. The first kappa shape index (κ1) is 11.9. The number of rotatable bonds is 1. The van der Waals surface area contributed by atoms with E-state index in [1.807, 2.05) is 0 Å². The fourth-order valence-corrected chi connectivity index (χ4v) is 4.49. The number of nitrogens with zero attached hydrogens (tertiary/aromatic N) is 2. The van der Waals surface area contributed by atoms with Gasteiger partial charge in [-0.2, -0.15) is 11.8 Å². The van der Waals surface area contributed by atoms with E-state index >= 15 is 0 Å². The van der Waals surface area contributed by atoms with Crippen molar-refractivity contribution in [3.63, 3.8) is 0 Å². The van der Waals surface area contributed by atoms with Crippen molar-refractivity contribution in [1.29, 1.82) is 0 Å². The molecule has 0 saturated carbocycles. The summed E-state index contributed by atoms with van der Waals surface area (Å²) in [5.74, 6) is 4.47. The minimum absolute atomic E-state index is 0.586. The summed E-state index contributed by atoms with van der Waals surface area (Å²) >= 11 is 8.38. The van der Waals surface area contributed by atoms with E-state index in [-0.39, 0.29) is 0 Å². The summed E-state index contributed by atoms with van der Waals surface area (Å²) in [5.41, 5.74) is 1.29. The standard InChI is InChI=1S/C13H19ClN2S/c1-9-3-2-4-11-12(14)15-13(16(9)11)10-5-7-17-8-6-10/h9-10H,2-8H2,1H3. The lowest BCUT2D eigenvalue weighted by molar-refractivity contribution is 0.402. The molecule has 17 heavy (non-hydrogen) atoms. The molecule has 3 rings (SSSR count). The molecule has 1 aromatic heterocycles. The van der Waals surface area contributed by atoms with Crippen molar-refractivity contribution in [3.8, 4) is 0 Å². The van der Waals surface area contributed by atoms with E-state index in [2.05, 4.69) is 28.2 Å². The summed E-state index contributed by atoms with van der Waals surface area (Å²) in [6.07, 6.45) is 6.17. The van der Waals surface area contributed by atoms with Crippen molar-refractivity contribution in [2.75, 3.05) is 11.5 Å². The Morgan fingerprint density at radius 3 is 2.82 bits per heavy atom. The molecular weight excluding hydrogens is 252 g/mol. The number of hydrogen-bond acceptors (Lipinski definition) is 2. The number of fused-ring (bicyclic) bond motifs is 1. The topological polar surface area (TPSA) is 17.8 Å². The zero-order valence-electron chi connectivity index (χ0n) is 10.3. The van der Waals surface area contributed by atoms with Crippen molar-refractivity contribution in [2.24, 2.45) is 0 Å². The summed E-state index contributed by atoms with van der Waals surface area (Å²) in [6, 6.07) is 0.586. The molecule has 0 amide bonds. The quantitative estimate of drug-likeness (QED) is 0.766. The van der Waals surface area contributed by atoms with Crippen LogP contribution in [0.4, 0.5) is 0 Å². The maximum atomic E-state index is 6.31. The van der Waals surface area contributed by atoms with Gasteiger partial charge in [-0.05, 0) is 50.5 Å². The van der Waals surface area contributed by atoms with Crippen molar-refractivity contribution < 1.29 is 0 Å². The first-order chi connectivity index (χ1) is 8.27. The highest BCUT2D eigenvalue weighted by molar-refractivity contribution is 7.99. The Kier molecular flexibility index (Phi) is 3.40. The fourth-order valence-electron chi connectivity index (χ4n) is 3.11. The monoisotopic (exact) mass is 270 g/mol. The van der Waals surface area contributed by atoms with Crippen molar-refractivity contribution in [3.05, 3.63) is 16.7 Å². The molecule has 1 atom stereocenters. The van der Waals surface area contributed by atoms with Gasteiger partial charge in [0, 0.05) is 12.0 Å². The van der Waals surface area contributed by atoms with E-state index in [1.165, 1.54) is 48.7 Å². The summed E-state index contributed by atoms with van der Waals surface area (Å²) in [4.78, 5) is 4.69. The third-order valence-electron chi connectivity index (χ3n) is 4.05. The summed E-state index contributed by atoms with van der Waals surface area (Å²) in [5, 5.41) is 0.768. The SMILES string of the molecule is CC1CCCc2c(Cl)nc(C3CCSCC3)n21. The number of hydrogen-bond donors (Lipinski definition) is 0.